The van der Waals surface area contributed by atoms with Crippen LogP contribution < -0.4 is 0 Å². The molecule has 7 heteroatoms. The molecule has 0 unspecified atom stereocenters. The Kier molecular flexibility index (Phi) is 5.91. The maximum Gasteiger partial charge on any atom is 0.303 e. The number of pyridine rings is 1. The first-order valence-corrected chi connectivity index (χ1v) is 7.57. The highest BCUT2D eigenvalue weighted by Crippen LogP contribution is 2.06. The summed E-state index contributed by atoms with van der Waals surface area (Å²) in [6.45, 7) is 0.227. The Hall–Kier alpha value is -1.47. The average Bonchev–Trinajstić information content (AvgIpc) is 2.37. The Bertz CT molecular complexity index is 502. The van der Waals surface area contributed by atoms with Gasteiger partial charge in [0, 0.05) is 32.4 Å². The summed E-state index contributed by atoms with van der Waals surface area (Å²) in [7, 11) is -1.86. The zero-order valence-electron chi connectivity index (χ0n) is 10.8. The zero-order valence-corrected chi connectivity index (χ0v) is 11.6. The second-order valence-corrected chi connectivity index (χ2v) is 6.44. The Balaban J connectivity index is 2.44. The molecule has 106 valence electrons. The molecular weight excluding hydrogens is 268 g/mol. The number of aryl methyl sites for hydroxylation is 1. The third-order valence-electron chi connectivity index (χ3n) is 2.74. The Labute approximate surface area is 113 Å². The fraction of sp³-hybridized carbons (Fsp3) is 0.500. The minimum absolute atomic E-state index is 0.0145. The number of carbonyl (C=O) groups is 1. The van der Waals surface area contributed by atoms with Gasteiger partial charge in [-0.25, -0.2) is 12.7 Å². The van der Waals surface area contributed by atoms with Crippen LogP contribution >= 0.6 is 0 Å². The smallest absolute Gasteiger partial charge is 0.303 e. The predicted molar refractivity (Wildman–Crippen MR) is 71.2 cm³/mol. The van der Waals surface area contributed by atoms with Gasteiger partial charge in [-0.3, -0.25) is 9.78 Å². The first-order valence-electron chi connectivity index (χ1n) is 5.96. The summed E-state index contributed by atoms with van der Waals surface area (Å²) in [6.07, 6.45) is 3.97. The lowest BCUT2D eigenvalue weighted by Gasteiger charge is -2.16. The van der Waals surface area contributed by atoms with Gasteiger partial charge in [-0.05, 0) is 30.5 Å². The van der Waals surface area contributed by atoms with Crippen LogP contribution in [0.3, 0.4) is 0 Å². The van der Waals surface area contributed by atoms with Gasteiger partial charge in [-0.1, -0.05) is 0 Å². The molecular formula is C12H18N2O4S. The van der Waals surface area contributed by atoms with Crippen molar-refractivity contribution < 1.29 is 18.3 Å². The molecule has 0 aliphatic rings. The van der Waals surface area contributed by atoms with Crippen molar-refractivity contribution in [1.29, 1.82) is 0 Å². The van der Waals surface area contributed by atoms with Crippen molar-refractivity contribution >= 4 is 16.0 Å². The van der Waals surface area contributed by atoms with Gasteiger partial charge >= 0.3 is 5.97 Å². The lowest BCUT2D eigenvalue weighted by Crippen LogP contribution is -2.31. The van der Waals surface area contributed by atoms with Crippen molar-refractivity contribution in [3.63, 3.8) is 0 Å². The molecule has 0 fully saturated rings. The van der Waals surface area contributed by atoms with Crippen LogP contribution in [-0.4, -0.2) is 48.1 Å². The van der Waals surface area contributed by atoms with E-state index < -0.39 is 16.0 Å². The van der Waals surface area contributed by atoms with E-state index in [4.69, 9.17) is 5.11 Å². The van der Waals surface area contributed by atoms with E-state index >= 15 is 0 Å². The summed E-state index contributed by atoms with van der Waals surface area (Å²) < 4.78 is 25.1. The number of rotatable bonds is 8. The lowest BCUT2D eigenvalue weighted by atomic mass is 10.2. The second kappa shape index (κ2) is 7.20. The van der Waals surface area contributed by atoms with E-state index in [9.17, 15) is 13.2 Å². The Morgan fingerprint density at radius 3 is 2.58 bits per heavy atom. The molecule has 0 spiro atoms. The highest BCUT2D eigenvalue weighted by molar-refractivity contribution is 7.89. The molecule has 1 aromatic rings. The van der Waals surface area contributed by atoms with Crippen LogP contribution in [0, 0.1) is 0 Å². The molecule has 1 rings (SSSR count). The van der Waals surface area contributed by atoms with Crippen molar-refractivity contribution in [3.05, 3.63) is 30.1 Å². The molecule has 0 aliphatic carbocycles. The molecule has 1 N–H and O–H groups in total. The number of carboxylic acid groups (broad SMARTS) is 1. The minimum atomic E-state index is -3.34. The predicted octanol–water partition coefficient (Wildman–Crippen LogP) is 0.750. The van der Waals surface area contributed by atoms with Crippen LogP contribution in [0.15, 0.2) is 24.5 Å². The molecule has 0 aromatic carbocycles. The summed E-state index contributed by atoms with van der Waals surface area (Å²) >= 11 is 0. The van der Waals surface area contributed by atoms with Gasteiger partial charge in [0.05, 0.1) is 5.75 Å². The number of sulfonamides is 1. The number of aliphatic carboxylic acids is 1. The monoisotopic (exact) mass is 286 g/mol. The molecule has 0 saturated carbocycles. The van der Waals surface area contributed by atoms with Gasteiger partial charge in [0.1, 0.15) is 0 Å². The molecule has 0 bridgehead atoms. The van der Waals surface area contributed by atoms with E-state index in [0.717, 1.165) is 5.56 Å². The maximum absolute atomic E-state index is 11.9. The summed E-state index contributed by atoms with van der Waals surface area (Å²) in [4.78, 5) is 14.2. The topological polar surface area (TPSA) is 87.6 Å². The molecule has 6 nitrogen and oxygen atoms in total. The molecule has 0 amide bonds. The molecule has 1 heterocycles. The second-order valence-electron chi connectivity index (χ2n) is 4.24. The molecule has 1 aromatic heterocycles. The third kappa shape index (κ3) is 5.80. The summed E-state index contributed by atoms with van der Waals surface area (Å²) in [6, 6.07) is 3.56. The van der Waals surface area contributed by atoms with Gasteiger partial charge in [-0.2, -0.15) is 0 Å². The molecule has 0 aliphatic heterocycles. The fourth-order valence-corrected chi connectivity index (χ4v) is 2.76. The van der Waals surface area contributed by atoms with E-state index in [1.54, 1.807) is 24.5 Å². The van der Waals surface area contributed by atoms with Crippen LogP contribution in [0.4, 0.5) is 0 Å². The maximum atomic E-state index is 11.9. The van der Waals surface area contributed by atoms with Crippen molar-refractivity contribution in [2.75, 3.05) is 19.3 Å². The molecule has 19 heavy (non-hydrogen) atoms. The third-order valence-corrected chi connectivity index (χ3v) is 4.59. The van der Waals surface area contributed by atoms with Gasteiger partial charge in [0.2, 0.25) is 10.0 Å². The van der Waals surface area contributed by atoms with Crippen molar-refractivity contribution in [2.24, 2.45) is 0 Å². The number of aromatic nitrogens is 1. The normalized spacial score (nSPS) is 11.7. The average molecular weight is 286 g/mol. The molecule has 0 saturated heterocycles. The SMILES string of the molecule is CN(CCCC(=O)O)S(=O)(=O)CCc1ccncc1. The van der Waals surface area contributed by atoms with Gasteiger partial charge in [0.15, 0.2) is 0 Å². The lowest BCUT2D eigenvalue weighted by molar-refractivity contribution is -0.137. The van der Waals surface area contributed by atoms with Crippen LogP contribution in [0.2, 0.25) is 0 Å². The molecule has 0 atom stereocenters. The van der Waals surface area contributed by atoms with Crippen LogP contribution in [0.1, 0.15) is 18.4 Å². The highest BCUT2D eigenvalue weighted by atomic mass is 32.2. The Morgan fingerprint density at radius 1 is 1.37 bits per heavy atom. The summed E-state index contributed by atoms with van der Waals surface area (Å²) in [5, 5.41) is 8.51. The van der Waals surface area contributed by atoms with Crippen LogP contribution in [0.5, 0.6) is 0 Å². The number of hydrogen-bond donors (Lipinski definition) is 1. The first kappa shape index (κ1) is 15.6. The quantitative estimate of drug-likeness (QED) is 0.762. The minimum Gasteiger partial charge on any atom is -0.481 e. The largest absolute Gasteiger partial charge is 0.481 e. The van der Waals surface area contributed by atoms with Crippen LogP contribution in [-0.2, 0) is 21.2 Å². The fourth-order valence-electron chi connectivity index (χ4n) is 1.54. The molecule has 0 radical (unpaired) electrons. The number of carboxylic acids is 1. The summed E-state index contributed by atoms with van der Waals surface area (Å²) in [5.41, 5.74) is 0.914. The Morgan fingerprint density at radius 2 is 2.00 bits per heavy atom. The standard InChI is InChI=1S/C12H18N2O4S/c1-14(9-2-3-12(15)16)19(17,18)10-6-11-4-7-13-8-5-11/h4-5,7-8H,2-3,6,9-10H2,1H3,(H,15,16). The van der Waals surface area contributed by atoms with E-state index in [2.05, 4.69) is 4.98 Å². The van der Waals surface area contributed by atoms with Gasteiger partial charge in [-0.15, -0.1) is 0 Å². The van der Waals surface area contributed by atoms with Gasteiger partial charge in [0.25, 0.3) is 0 Å². The number of nitrogens with zero attached hydrogens (tertiary/aromatic N) is 2. The first-order chi connectivity index (χ1) is 8.92. The van der Waals surface area contributed by atoms with E-state index in [0.29, 0.717) is 12.8 Å². The highest BCUT2D eigenvalue weighted by Gasteiger charge is 2.17. The van der Waals surface area contributed by atoms with Gasteiger partial charge < -0.3 is 5.11 Å². The van der Waals surface area contributed by atoms with E-state index in [-0.39, 0.29) is 18.7 Å². The van der Waals surface area contributed by atoms with Crippen molar-refractivity contribution in [3.8, 4) is 0 Å². The van der Waals surface area contributed by atoms with E-state index in [1.165, 1.54) is 11.4 Å². The zero-order chi connectivity index (χ0) is 14.3. The van der Waals surface area contributed by atoms with Crippen LogP contribution in [0.25, 0.3) is 0 Å². The summed E-state index contributed by atoms with van der Waals surface area (Å²) in [5.74, 6) is -0.900. The number of hydrogen-bond acceptors (Lipinski definition) is 4. The van der Waals surface area contributed by atoms with Crippen molar-refractivity contribution in [1.82, 2.24) is 9.29 Å². The van der Waals surface area contributed by atoms with Crippen molar-refractivity contribution in [2.45, 2.75) is 19.3 Å². The van der Waals surface area contributed by atoms with E-state index in [1.807, 2.05) is 0 Å².